The fourth-order valence-electron chi connectivity index (χ4n) is 1.89. The van der Waals surface area contributed by atoms with Gasteiger partial charge in [-0.3, -0.25) is 9.78 Å². The number of benzene rings is 1. The van der Waals surface area contributed by atoms with E-state index in [0.29, 0.717) is 17.3 Å². The van der Waals surface area contributed by atoms with Crippen molar-refractivity contribution in [2.45, 2.75) is 26.2 Å². The van der Waals surface area contributed by atoms with Crippen LogP contribution in [0.3, 0.4) is 0 Å². The van der Waals surface area contributed by atoms with Gasteiger partial charge in [-0.05, 0) is 35.7 Å². The van der Waals surface area contributed by atoms with Gasteiger partial charge < -0.3 is 11.1 Å². The van der Waals surface area contributed by atoms with Gasteiger partial charge in [-0.1, -0.05) is 26.0 Å². The van der Waals surface area contributed by atoms with Crippen molar-refractivity contribution >= 4 is 17.3 Å². The van der Waals surface area contributed by atoms with Gasteiger partial charge in [-0.2, -0.15) is 0 Å². The molecule has 0 aliphatic carbocycles. The molecule has 20 heavy (non-hydrogen) atoms. The van der Waals surface area contributed by atoms with Crippen molar-refractivity contribution in [2.75, 3.05) is 11.1 Å². The van der Waals surface area contributed by atoms with Crippen LogP contribution in [0.15, 0.2) is 42.6 Å². The maximum atomic E-state index is 12.0. The Morgan fingerprint density at radius 1 is 1.30 bits per heavy atom. The Morgan fingerprint density at radius 2 is 2.10 bits per heavy atom. The molecular weight excluding hydrogens is 250 g/mol. The van der Waals surface area contributed by atoms with Crippen LogP contribution in [0, 0.1) is 0 Å². The molecule has 4 heteroatoms. The molecule has 1 heterocycles. The molecule has 0 spiro atoms. The minimum Gasteiger partial charge on any atom is -0.397 e. The number of nitrogens with two attached hydrogens (primary N) is 1. The van der Waals surface area contributed by atoms with Gasteiger partial charge in [0.25, 0.3) is 0 Å². The highest BCUT2D eigenvalue weighted by Crippen LogP contribution is 2.18. The SMILES string of the molecule is CC(C)c1cccc(NC(=O)Cc2ccc(N)cn2)c1. The maximum Gasteiger partial charge on any atom is 0.230 e. The summed E-state index contributed by atoms with van der Waals surface area (Å²) in [6, 6.07) is 11.4. The average molecular weight is 269 g/mol. The zero-order chi connectivity index (χ0) is 14.5. The first-order chi connectivity index (χ1) is 9.54. The van der Waals surface area contributed by atoms with E-state index in [2.05, 4.69) is 30.2 Å². The Morgan fingerprint density at radius 3 is 2.75 bits per heavy atom. The molecule has 0 saturated heterocycles. The molecule has 0 unspecified atom stereocenters. The van der Waals surface area contributed by atoms with Crippen LogP contribution in [0.4, 0.5) is 11.4 Å². The van der Waals surface area contributed by atoms with Crippen LogP contribution in [0.5, 0.6) is 0 Å². The van der Waals surface area contributed by atoms with Crippen molar-refractivity contribution in [1.29, 1.82) is 0 Å². The van der Waals surface area contributed by atoms with Gasteiger partial charge in [-0.15, -0.1) is 0 Å². The first kappa shape index (κ1) is 14.1. The van der Waals surface area contributed by atoms with Gasteiger partial charge in [0.05, 0.1) is 18.3 Å². The number of hydrogen-bond donors (Lipinski definition) is 2. The molecule has 1 aromatic heterocycles. The first-order valence-corrected chi connectivity index (χ1v) is 6.65. The molecule has 0 fully saturated rings. The number of carbonyl (C=O) groups excluding carboxylic acids is 1. The predicted octanol–water partition coefficient (Wildman–Crippen LogP) is 2.97. The number of nitrogens with zero attached hydrogens (tertiary/aromatic N) is 1. The summed E-state index contributed by atoms with van der Waals surface area (Å²) in [5, 5.41) is 2.89. The molecular formula is C16H19N3O. The number of pyridine rings is 1. The molecule has 1 amide bonds. The Hall–Kier alpha value is -2.36. The zero-order valence-electron chi connectivity index (χ0n) is 11.8. The number of hydrogen-bond acceptors (Lipinski definition) is 3. The fraction of sp³-hybridized carbons (Fsp3) is 0.250. The molecule has 0 aliphatic heterocycles. The van der Waals surface area contributed by atoms with Gasteiger partial charge in [0.2, 0.25) is 5.91 Å². The van der Waals surface area contributed by atoms with E-state index in [1.165, 1.54) is 5.56 Å². The van der Waals surface area contributed by atoms with Crippen LogP contribution in [-0.2, 0) is 11.2 Å². The Kier molecular flexibility index (Phi) is 4.35. The molecule has 0 radical (unpaired) electrons. The van der Waals surface area contributed by atoms with Crippen LogP contribution in [0.25, 0.3) is 0 Å². The minimum absolute atomic E-state index is 0.0804. The van der Waals surface area contributed by atoms with Gasteiger partial charge in [0.1, 0.15) is 0 Å². The minimum atomic E-state index is -0.0804. The molecule has 0 atom stereocenters. The normalized spacial score (nSPS) is 10.6. The fourth-order valence-corrected chi connectivity index (χ4v) is 1.89. The van der Waals surface area contributed by atoms with E-state index in [9.17, 15) is 4.79 Å². The number of anilines is 2. The summed E-state index contributed by atoms with van der Waals surface area (Å²) in [6.07, 6.45) is 1.80. The second kappa shape index (κ2) is 6.19. The number of nitrogen functional groups attached to an aromatic ring is 1. The zero-order valence-corrected chi connectivity index (χ0v) is 11.8. The standard InChI is InChI=1S/C16H19N3O/c1-11(2)12-4-3-5-15(8-12)19-16(20)9-14-7-6-13(17)10-18-14/h3-8,10-11H,9,17H2,1-2H3,(H,19,20). The van der Waals surface area contributed by atoms with E-state index in [4.69, 9.17) is 5.73 Å². The highest BCUT2D eigenvalue weighted by atomic mass is 16.1. The summed E-state index contributed by atoms with van der Waals surface area (Å²) < 4.78 is 0. The van der Waals surface area contributed by atoms with Crippen LogP contribution in [0.2, 0.25) is 0 Å². The molecule has 0 bridgehead atoms. The van der Waals surface area contributed by atoms with E-state index < -0.39 is 0 Å². The lowest BCUT2D eigenvalue weighted by molar-refractivity contribution is -0.115. The van der Waals surface area contributed by atoms with Gasteiger partial charge in [0, 0.05) is 11.4 Å². The number of nitrogens with one attached hydrogen (secondary N) is 1. The summed E-state index contributed by atoms with van der Waals surface area (Å²) in [7, 11) is 0. The van der Waals surface area contributed by atoms with Gasteiger partial charge >= 0.3 is 0 Å². The Balaban J connectivity index is 2.01. The van der Waals surface area contributed by atoms with Crippen LogP contribution < -0.4 is 11.1 Å². The van der Waals surface area contributed by atoms with Crippen molar-refractivity contribution in [3.8, 4) is 0 Å². The topological polar surface area (TPSA) is 68.0 Å². The molecule has 2 aromatic rings. The summed E-state index contributed by atoms with van der Waals surface area (Å²) in [6.45, 7) is 4.25. The Labute approximate surface area is 119 Å². The molecule has 104 valence electrons. The summed E-state index contributed by atoms with van der Waals surface area (Å²) in [5.41, 5.74) is 8.88. The van der Waals surface area contributed by atoms with Gasteiger partial charge in [-0.25, -0.2) is 0 Å². The van der Waals surface area contributed by atoms with Crippen LogP contribution >= 0.6 is 0 Å². The summed E-state index contributed by atoms with van der Waals surface area (Å²) in [5.74, 6) is 0.355. The van der Waals surface area contributed by atoms with Crippen molar-refractivity contribution in [3.05, 3.63) is 53.9 Å². The smallest absolute Gasteiger partial charge is 0.230 e. The van der Waals surface area contributed by atoms with E-state index in [-0.39, 0.29) is 12.3 Å². The van der Waals surface area contributed by atoms with E-state index >= 15 is 0 Å². The van der Waals surface area contributed by atoms with Crippen molar-refractivity contribution in [2.24, 2.45) is 0 Å². The number of amides is 1. The summed E-state index contributed by atoms with van der Waals surface area (Å²) in [4.78, 5) is 16.1. The highest BCUT2D eigenvalue weighted by molar-refractivity contribution is 5.92. The molecule has 4 nitrogen and oxygen atoms in total. The lowest BCUT2D eigenvalue weighted by Gasteiger charge is -2.09. The third-order valence-electron chi connectivity index (χ3n) is 3.03. The number of rotatable bonds is 4. The first-order valence-electron chi connectivity index (χ1n) is 6.65. The second-order valence-corrected chi connectivity index (χ2v) is 5.09. The Bertz CT molecular complexity index is 591. The highest BCUT2D eigenvalue weighted by Gasteiger charge is 2.06. The van der Waals surface area contributed by atoms with Crippen LogP contribution in [0.1, 0.15) is 31.0 Å². The van der Waals surface area contributed by atoms with E-state index in [0.717, 1.165) is 5.69 Å². The van der Waals surface area contributed by atoms with Crippen molar-refractivity contribution in [1.82, 2.24) is 4.98 Å². The average Bonchev–Trinajstić information content (AvgIpc) is 2.41. The molecule has 2 rings (SSSR count). The predicted molar refractivity (Wildman–Crippen MR) is 81.5 cm³/mol. The van der Waals surface area contributed by atoms with Crippen LogP contribution in [-0.4, -0.2) is 10.9 Å². The van der Waals surface area contributed by atoms with Crippen molar-refractivity contribution in [3.63, 3.8) is 0 Å². The van der Waals surface area contributed by atoms with Gasteiger partial charge in [0.15, 0.2) is 0 Å². The maximum absolute atomic E-state index is 12.0. The number of aromatic nitrogens is 1. The lowest BCUT2D eigenvalue weighted by atomic mass is 10.0. The molecule has 0 saturated carbocycles. The molecule has 3 N–H and O–H groups in total. The quantitative estimate of drug-likeness (QED) is 0.896. The molecule has 0 aliphatic rings. The van der Waals surface area contributed by atoms with Crippen molar-refractivity contribution < 1.29 is 4.79 Å². The van der Waals surface area contributed by atoms with E-state index in [1.807, 2.05) is 18.2 Å². The third-order valence-corrected chi connectivity index (χ3v) is 3.03. The lowest BCUT2D eigenvalue weighted by Crippen LogP contribution is -2.15. The monoisotopic (exact) mass is 269 g/mol. The largest absolute Gasteiger partial charge is 0.397 e. The molecule has 1 aromatic carbocycles. The second-order valence-electron chi connectivity index (χ2n) is 5.09. The van der Waals surface area contributed by atoms with E-state index in [1.54, 1.807) is 18.3 Å². The third kappa shape index (κ3) is 3.82. The summed E-state index contributed by atoms with van der Waals surface area (Å²) >= 11 is 0. The number of carbonyl (C=O) groups is 1.